The number of carbonyl (C=O) groups is 1. The molecule has 0 amide bonds. The SMILES string of the molecule is CCOC(=O)C1=C(C)N=c2s/c(=C\c3cc(Br)cc(OC)c3OCc3cccc(Cl)c3)c(=O)n2[C@@H]1c1ccccc1OC(C)C. The average molecular weight is 712 g/mol. The molecular weight excluding hydrogens is 680 g/mol. The molecule has 0 saturated heterocycles. The molecule has 234 valence electrons. The first-order valence-electron chi connectivity index (χ1n) is 14.3. The average Bonchev–Trinajstić information content (AvgIpc) is 3.29. The van der Waals surface area contributed by atoms with Gasteiger partial charge in [0.25, 0.3) is 5.56 Å². The number of hydrogen-bond acceptors (Lipinski definition) is 8. The second-order valence-corrected chi connectivity index (χ2v) is 12.8. The van der Waals surface area contributed by atoms with E-state index >= 15 is 0 Å². The molecule has 8 nitrogen and oxygen atoms in total. The van der Waals surface area contributed by atoms with Crippen LogP contribution in [0.3, 0.4) is 0 Å². The third-order valence-corrected chi connectivity index (χ3v) is 8.60. The van der Waals surface area contributed by atoms with E-state index in [-0.39, 0.29) is 30.5 Å². The van der Waals surface area contributed by atoms with Crippen LogP contribution in [0.1, 0.15) is 50.4 Å². The number of rotatable bonds is 10. The van der Waals surface area contributed by atoms with Crippen molar-refractivity contribution in [3.63, 3.8) is 0 Å². The van der Waals surface area contributed by atoms with Gasteiger partial charge in [0.05, 0.1) is 35.6 Å². The number of thiazole rings is 1. The number of benzene rings is 3. The molecule has 45 heavy (non-hydrogen) atoms. The van der Waals surface area contributed by atoms with Crippen LogP contribution in [0.5, 0.6) is 17.2 Å². The Morgan fingerprint density at radius 3 is 2.62 bits per heavy atom. The number of nitrogens with zero attached hydrogens (tertiary/aromatic N) is 2. The number of para-hydroxylation sites is 1. The molecule has 5 rings (SSSR count). The topological polar surface area (TPSA) is 88.4 Å². The zero-order chi connectivity index (χ0) is 32.2. The standard InChI is InChI=1S/C34H32BrClN2O6S/c1-6-42-33(40)29-20(4)37-34-38(30(29)25-12-7-8-13-26(25)44-19(2)3)32(39)28(45-34)16-22-15-23(35)17-27(41-5)31(22)43-18-21-10-9-11-24(36)14-21/h7-17,19,30H,6,18H2,1-5H3/b28-16-/t30-/m1/s1. The van der Waals surface area contributed by atoms with Crippen LogP contribution in [0.4, 0.5) is 0 Å². The minimum absolute atomic E-state index is 0.130. The van der Waals surface area contributed by atoms with Gasteiger partial charge in [-0.25, -0.2) is 9.79 Å². The van der Waals surface area contributed by atoms with Crippen molar-refractivity contribution in [1.29, 1.82) is 0 Å². The molecule has 0 unspecified atom stereocenters. The number of hydrogen-bond donors (Lipinski definition) is 0. The summed E-state index contributed by atoms with van der Waals surface area (Å²) in [6.45, 7) is 7.76. The van der Waals surface area contributed by atoms with Gasteiger partial charge in [-0.1, -0.05) is 69.2 Å². The van der Waals surface area contributed by atoms with E-state index in [1.54, 1.807) is 43.7 Å². The lowest BCUT2D eigenvalue weighted by Gasteiger charge is -2.26. The number of esters is 1. The van der Waals surface area contributed by atoms with Crippen LogP contribution in [0.2, 0.25) is 5.02 Å². The smallest absolute Gasteiger partial charge is 0.338 e. The number of carbonyl (C=O) groups excluding carboxylic acids is 1. The van der Waals surface area contributed by atoms with E-state index in [2.05, 4.69) is 15.9 Å². The summed E-state index contributed by atoms with van der Waals surface area (Å²) in [6, 6.07) is 17.6. The Labute approximate surface area is 278 Å². The fourth-order valence-corrected chi connectivity index (χ4v) is 6.78. The Balaban J connectivity index is 1.69. The Morgan fingerprint density at radius 1 is 1.13 bits per heavy atom. The van der Waals surface area contributed by atoms with Gasteiger partial charge >= 0.3 is 5.97 Å². The van der Waals surface area contributed by atoms with Gasteiger partial charge in [0.1, 0.15) is 18.4 Å². The number of methoxy groups -OCH3 is 1. The fraction of sp³-hybridized carbons (Fsp3) is 0.265. The molecule has 0 N–H and O–H groups in total. The lowest BCUT2D eigenvalue weighted by atomic mass is 9.95. The van der Waals surface area contributed by atoms with E-state index in [4.69, 9.17) is 35.5 Å². The Hall–Kier alpha value is -3.86. The van der Waals surface area contributed by atoms with Gasteiger partial charge in [-0.05, 0) is 69.7 Å². The maximum absolute atomic E-state index is 14.3. The second kappa shape index (κ2) is 14.1. The van der Waals surface area contributed by atoms with Gasteiger partial charge in [0.15, 0.2) is 16.3 Å². The van der Waals surface area contributed by atoms with E-state index < -0.39 is 12.0 Å². The van der Waals surface area contributed by atoms with Crippen molar-refractivity contribution in [2.75, 3.05) is 13.7 Å². The minimum Gasteiger partial charge on any atom is -0.493 e. The third-order valence-electron chi connectivity index (χ3n) is 6.92. The molecular formula is C34H32BrClN2O6S. The van der Waals surface area contributed by atoms with Crippen molar-refractivity contribution in [2.45, 2.75) is 46.4 Å². The highest BCUT2D eigenvalue weighted by Crippen LogP contribution is 2.38. The van der Waals surface area contributed by atoms with Crippen molar-refractivity contribution in [3.8, 4) is 17.2 Å². The summed E-state index contributed by atoms with van der Waals surface area (Å²) in [5.41, 5.74) is 2.59. The largest absolute Gasteiger partial charge is 0.493 e. The fourth-order valence-electron chi connectivity index (χ4n) is 5.08. The quantitative estimate of drug-likeness (QED) is 0.173. The van der Waals surface area contributed by atoms with Crippen LogP contribution >= 0.6 is 38.9 Å². The molecule has 0 spiro atoms. The predicted octanol–water partition coefficient (Wildman–Crippen LogP) is 6.59. The number of halogens is 2. The van der Waals surface area contributed by atoms with Gasteiger partial charge in [-0.3, -0.25) is 9.36 Å². The molecule has 4 aromatic rings. The molecule has 0 aliphatic carbocycles. The van der Waals surface area contributed by atoms with Crippen LogP contribution in [-0.4, -0.2) is 30.4 Å². The highest BCUT2D eigenvalue weighted by molar-refractivity contribution is 9.10. The molecule has 3 aromatic carbocycles. The molecule has 1 aromatic heterocycles. The first-order valence-corrected chi connectivity index (χ1v) is 16.3. The first-order chi connectivity index (χ1) is 21.6. The number of aromatic nitrogens is 1. The Kier molecular flexibility index (Phi) is 10.2. The predicted molar refractivity (Wildman–Crippen MR) is 179 cm³/mol. The van der Waals surface area contributed by atoms with E-state index in [1.165, 1.54) is 11.3 Å². The molecule has 0 bridgehead atoms. The van der Waals surface area contributed by atoms with E-state index in [9.17, 15) is 9.59 Å². The third kappa shape index (κ3) is 7.03. The summed E-state index contributed by atoms with van der Waals surface area (Å²) in [4.78, 5) is 32.8. The van der Waals surface area contributed by atoms with E-state index in [0.29, 0.717) is 48.4 Å². The zero-order valence-corrected chi connectivity index (χ0v) is 28.6. The van der Waals surface area contributed by atoms with Crippen molar-refractivity contribution >= 4 is 50.9 Å². The molecule has 1 aliphatic heterocycles. The Bertz CT molecular complexity index is 1970. The molecule has 0 radical (unpaired) electrons. The van der Waals surface area contributed by atoms with Gasteiger partial charge in [-0.2, -0.15) is 0 Å². The van der Waals surface area contributed by atoms with Gasteiger partial charge in [0.2, 0.25) is 0 Å². The lowest BCUT2D eigenvalue weighted by Crippen LogP contribution is -2.40. The normalized spacial score (nSPS) is 14.7. The molecule has 0 saturated carbocycles. The van der Waals surface area contributed by atoms with Crippen molar-refractivity contribution in [2.24, 2.45) is 4.99 Å². The second-order valence-electron chi connectivity index (χ2n) is 10.5. The number of ether oxygens (including phenoxy) is 4. The van der Waals surface area contributed by atoms with Crippen LogP contribution in [-0.2, 0) is 16.1 Å². The summed E-state index contributed by atoms with van der Waals surface area (Å²) >= 11 is 11.0. The van der Waals surface area contributed by atoms with Crippen LogP contribution in [0, 0.1) is 0 Å². The van der Waals surface area contributed by atoms with Gasteiger partial charge < -0.3 is 18.9 Å². The van der Waals surface area contributed by atoms with Gasteiger partial charge in [0, 0.05) is 20.6 Å². The number of allylic oxidation sites excluding steroid dienone is 1. The van der Waals surface area contributed by atoms with Crippen LogP contribution < -0.4 is 29.1 Å². The zero-order valence-electron chi connectivity index (χ0n) is 25.4. The van der Waals surface area contributed by atoms with Crippen molar-refractivity contribution in [1.82, 2.24) is 4.57 Å². The first kappa shape index (κ1) is 32.5. The summed E-state index contributed by atoms with van der Waals surface area (Å²) in [6.07, 6.45) is 1.62. The summed E-state index contributed by atoms with van der Waals surface area (Å²) in [5, 5.41) is 0.604. The Morgan fingerprint density at radius 2 is 1.91 bits per heavy atom. The van der Waals surface area contributed by atoms with Crippen LogP contribution in [0.25, 0.3) is 6.08 Å². The van der Waals surface area contributed by atoms with Crippen molar-refractivity contribution < 1.29 is 23.7 Å². The molecule has 2 heterocycles. The van der Waals surface area contributed by atoms with Crippen LogP contribution in [0.15, 0.2) is 86.2 Å². The molecule has 0 fully saturated rings. The highest BCUT2D eigenvalue weighted by Gasteiger charge is 2.35. The monoisotopic (exact) mass is 710 g/mol. The molecule has 11 heteroatoms. The highest BCUT2D eigenvalue weighted by atomic mass is 79.9. The summed E-state index contributed by atoms with van der Waals surface area (Å²) in [5.74, 6) is 0.980. The molecule has 1 atom stereocenters. The van der Waals surface area contributed by atoms with Crippen molar-refractivity contribution in [3.05, 3.63) is 118 Å². The summed E-state index contributed by atoms with van der Waals surface area (Å²) < 4.78 is 26.2. The maximum atomic E-state index is 14.3. The minimum atomic E-state index is -0.812. The van der Waals surface area contributed by atoms with E-state index in [1.807, 2.05) is 62.4 Å². The molecule has 1 aliphatic rings. The van der Waals surface area contributed by atoms with E-state index in [0.717, 1.165) is 10.0 Å². The van der Waals surface area contributed by atoms with Gasteiger partial charge in [-0.15, -0.1) is 0 Å². The number of fused-ring (bicyclic) bond motifs is 1. The lowest BCUT2D eigenvalue weighted by molar-refractivity contribution is -0.139. The maximum Gasteiger partial charge on any atom is 0.338 e. The summed E-state index contributed by atoms with van der Waals surface area (Å²) in [7, 11) is 1.56.